The van der Waals surface area contributed by atoms with E-state index in [0.717, 1.165) is 25.8 Å². The van der Waals surface area contributed by atoms with Gasteiger partial charge in [-0.3, -0.25) is 4.79 Å². The molecule has 0 radical (unpaired) electrons. The van der Waals surface area contributed by atoms with E-state index in [1.807, 2.05) is 18.2 Å². The number of amides is 1. The van der Waals surface area contributed by atoms with Crippen molar-refractivity contribution in [1.29, 1.82) is 0 Å². The SMILES string of the molecule is O=C(CCCc1ccccc1)NCCCCCCI. The Morgan fingerprint density at radius 2 is 1.74 bits per heavy atom. The first-order chi connectivity index (χ1) is 9.33. The lowest BCUT2D eigenvalue weighted by molar-refractivity contribution is -0.121. The third-order valence-electron chi connectivity index (χ3n) is 3.09. The van der Waals surface area contributed by atoms with E-state index in [9.17, 15) is 4.79 Å². The third kappa shape index (κ3) is 9.03. The number of nitrogens with one attached hydrogen (secondary N) is 1. The molecule has 1 aromatic carbocycles. The average Bonchev–Trinajstić information content (AvgIpc) is 2.44. The number of hydrogen-bond acceptors (Lipinski definition) is 1. The van der Waals surface area contributed by atoms with E-state index >= 15 is 0 Å². The zero-order valence-corrected chi connectivity index (χ0v) is 13.7. The van der Waals surface area contributed by atoms with Crippen molar-refractivity contribution in [3.05, 3.63) is 35.9 Å². The van der Waals surface area contributed by atoms with Crippen LogP contribution in [0.1, 0.15) is 44.1 Å². The van der Waals surface area contributed by atoms with Gasteiger partial charge in [0.25, 0.3) is 0 Å². The fraction of sp³-hybridized carbons (Fsp3) is 0.562. The summed E-state index contributed by atoms with van der Waals surface area (Å²) in [4.78, 5) is 11.6. The van der Waals surface area contributed by atoms with Crippen molar-refractivity contribution < 1.29 is 4.79 Å². The van der Waals surface area contributed by atoms with Gasteiger partial charge in [-0.15, -0.1) is 0 Å². The monoisotopic (exact) mass is 373 g/mol. The lowest BCUT2D eigenvalue weighted by Crippen LogP contribution is -2.24. The molecule has 0 aliphatic heterocycles. The summed E-state index contributed by atoms with van der Waals surface area (Å²) in [6, 6.07) is 10.3. The second-order valence-electron chi connectivity index (χ2n) is 4.79. The summed E-state index contributed by atoms with van der Waals surface area (Å²) in [5.74, 6) is 0.199. The maximum Gasteiger partial charge on any atom is 0.220 e. The first-order valence-electron chi connectivity index (χ1n) is 7.19. The molecule has 0 saturated heterocycles. The van der Waals surface area contributed by atoms with Gasteiger partial charge >= 0.3 is 0 Å². The van der Waals surface area contributed by atoms with Gasteiger partial charge in [0.15, 0.2) is 0 Å². The van der Waals surface area contributed by atoms with Crippen LogP contribution in [-0.2, 0) is 11.2 Å². The van der Waals surface area contributed by atoms with Crippen molar-refractivity contribution >= 4 is 28.5 Å². The number of benzene rings is 1. The van der Waals surface area contributed by atoms with Crippen molar-refractivity contribution in [2.24, 2.45) is 0 Å². The Labute approximate surface area is 130 Å². The van der Waals surface area contributed by atoms with Gasteiger partial charge in [0.05, 0.1) is 0 Å². The molecule has 1 N–H and O–H groups in total. The molecule has 0 aromatic heterocycles. The van der Waals surface area contributed by atoms with E-state index in [4.69, 9.17) is 0 Å². The van der Waals surface area contributed by atoms with Crippen LogP contribution in [0.3, 0.4) is 0 Å². The molecule has 1 rings (SSSR count). The maximum absolute atomic E-state index is 11.6. The van der Waals surface area contributed by atoms with Crippen molar-refractivity contribution in [3.8, 4) is 0 Å². The fourth-order valence-electron chi connectivity index (χ4n) is 1.99. The Morgan fingerprint density at radius 3 is 2.47 bits per heavy atom. The van der Waals surface area contributed by atoms with Gasteiger partial charge in [0.1, 0.15) is 0 Å². The highest BCUT2D eigenvalue weighted by Crippen LogP contribution is 2.04. The van der Waals surface area contributed by atoms with Crippen LogP contribution >= 0.6 is 22.6 Å². The van der Waals surface area contributed by atoms with E-state index in [-0.39, 0.29) is 5.91 Å². The molecule has 3 heteroatoms. The quantitative estimate of drug-likeness (QED) is 0.373. The Bertz CT molecular complexity index is 340. The first kappa shape index (κ1) is 16.5. The summed E-state index contributed by atoms with van der Waals surface area (Å²) in [7, 11) is 0. The van der Waals surface area contributed by atoms with Crippen LogP contribution in [0.2, 0.25) is 0 Å². The molecule has 0 aliphatic carbocycles. The van der Waals surface area contributed by atoms with Gasteiger partial charge in [0.2, 0.25) is 5.91 Å². The summed E-state index contributed by atoms with van der Waals surface area (Å²) in [6.07, 6.45) is 7.49. The highest BCUT2D eigenvalue weighted by Gasteiger charge is 2.00. The number of hydrogen-bond donors (Lipinski definition) is 1. The molecular weight excluding hydrogens is 349 g/mol. The van der Waals surface area contributed by atoms with Crippen LogP contribution in [0.25, 0.3) is 0 Å². The summed E-state index contributed by atoms with van der Waals surface area (Å²) in [5, 5.41) is 3.01. The number of aryl methyl sites for hydroxylation is 1. The maximum atomic E-state index is 11.6. The van der Waals surface area contributed by atoms with Gasteiger partial charge in [-0.05, 0) is 35.7 Å². The van der Waals surface area contributed by atoms with E-state index in [2.05, 4.69) is 40.0 Å². The number of rotatable bonds is 10. The summed E-state index contributed by atoms with van der Waals surface area (Å²) in [5.41, 5.74) is 1.31. The number of carbonyl (C=O) groups excluding carboxylic acids is 1. The molecule has 0 saturated carbocycles. The minimum absolute atomic E-state index is 0.199. The fourth-order valence-corrected chi connectivity index (χ4v) is 2.53. The predicted octanol–water partition coefficient (Wildman–Crippen LogP) is 4.12. The number of halogens is 1. The summed E-state index contributed by atoms with van der Waals surface area (Å²) >= 11 is 2.41. The van der Waals surface area contributed by atoms with Crippen molar-refractivity contribution in [2.45, 2.75) is 44.9 Å². The molecule has 2 nitrogen and oxygen atoms in total. The Hall–Kier alpha value is -0.580. The van der Waals surface area contributed by atoms with Crippen molar-refractivity contribution in [1.82, 2.24) is 5.32 Å². The van der Waals surface area contributed by atoms with Gasteiger partial charge in [-0.2, -0.15) is 0 Å². The normalized spacial score (nSPS) is 10.4. The molecule has 106 valence electrons. The minimum atomic E-state index is 0.199. The zero-order chi connectivity index (χ0) is 13.8. The van der Waals surface area contributed by atoms with Gasteiger partial charge < -0.3 is 5.32 Å². The Morgan fingerprint density at radius 1 is 1.00 bits per heavy atom. The largest absolute Gasteiger partial charge is 0.356 e. The molecule has 0 fully saturated rings. The molecule has 0 aliphatic rings. The molecule has 19 heavy (non-hydrogen) atoms. The van der Waals surface area contributed by atoms with E-state index in [0.29, 0.717) is 6.42 Å². The lowest BCUT2D eigenvalue weighted by Gasteiger charge is -2.05. The smallest absolute Gasteiger partial charge is 0.220 e. The minimum Gasteiger partial charge on any atom is -0.356 e. The molecule has 0 bridgehead atoms. The second kappa shape index (κ2) is 11.3. The molecule has 0 atom stereocenters. The molecule has 1 aromatic rings. The van der Waals surface area contributed by atoms with Crippen LogP contribution in [-0.4, -0.2) is 16.9 Å². The number of carbonyl (C=O) groups is 1. The van der Waals surface area contributed by atoms with E-state index in [1.54, 1.807) is 0 Å². The highest BCUT2D eigenvalue weighted by atomic mass is 127. The van der Waals surface area contributed by atoms with E-state index < -0.39 is 0 Å². The molecule has 0 unspecified atom stereocenters. The average molecular weight is 373 g/mol. The van der Waals surface area contributed by atoms with Crippen LogP contribution in [0.15, 0.2) is 30.3 Å². The lowest BCUT2D eigenvalue weighted by atomic mass is 10.1. The standard InChI is InChI=1S/C16H24INO/c17-13-6-1-2-7-14-18-16(19)12-8-11-15-9-4-3-5-10-15/h3-5,9-10H,1-2,6-8,11-14H2,(H,18,19). The highest BCUT2D eigenvalue weighted by molar-refractivity contribution is 14.1. The number of alkyl halides is 1. The molecule has 0 heterocycles. The molecule has 0 spiro atoms. The van der Waals surface area contributed by atoms with Crippen LogP contribution < -0.4 is 5.32 Å². The first-order valence-corrected chi connectivity index (χ1v) is 8.72. The zero-order valence-electron chi connectivity index (χ0n) is 11.5. The molecular formula is C16H24INO. The second-order valence-corrected chi connectivity index (χ2v) is 5.87. The van der Waals surface area contributed by atoms with Gasteiger partial charge in [0, 0.05) is 13.0 Å². The van der Waals surface area contributed by atoms with Crippen LogP contribution in [0.5, 0.6) is 0 Å². The van der Waals surface area contributed by atoms with Crippen LogP contribution in [0, 0.1) is 0 Å². The number of unbranched alkanes of at least 4 members (excludes halogenated alkanes) is 3. The predicted molar refractivity (Wildman–Crippen MR) is 89.7 cm³/mol. The summed E-state index contributed by atoms with van der Waals surface area (Å²) < 4.78 is 1.24. The summed E-state index contributed by atoms with van der Waals surface area (Å²) in [6.45, 7) is 0.839. The Balaban J connectivity index is 1.96. The van der Waals surface area contributed by atoms with E-state index in [1.165, 1.54) is 29.3 Å². The van der Waals surface area contributed by atoms with Crippen molar-refractivity contribution in [3.63, 3.8) is 0 Å². The van der Waals surface area contributed by atoms with Gasteiger partial charge in [-0.1, -0.05) is 65.8 Å². The third-order valence-corrected chi connectivity index (χ3v) is 3.86. The van der Waals surface area contributed by atoms with Crippen molar-refractivity contribution in [2.75, 3.05) is 11.0 Å². The van der Waals surface area contributed by atoms with Gasteiger partial charge in [-0.25, -0.2) is 0 Å². The molecule has 1 amide bonds. The Kier molecular flexibility index (Phi) is 9.77. The topological polar surface area (TPSA) is 29.1 Å². The van der Waals surface area contributed by atoms with Crippen LogP contribution in [0.4, 0.5) is 0 Å².